The van der Waals surface area contributed by atoms with Gasteiger partial charge in [-0.3, -0.25) is 9.36 Å². The molecule has 0 aliphatic carbocycles. The van der Waals surface area contributed by atoms with Crippen LogP contribution in [0.15, 0.2) is 105 Å². The number of benzene rings is 4. The lowest BCUT2D eigenvalue weighted by molar-refractivity contribution is 0.0951. The highest BCUT2D eigenvalue weighted by Crippen LogP contribution is 2.27. The Kier molecular flexibility index (Phi) is 7.32. The number of hydrogen-bond donors (Lipinski definition) is 1. The van der Waals surface area contributed by atoms with Gasteiger partial charge in [0.05, 0.1) is 6.54 Å². The van der Waals surface area contributed by atoms with Crippen LogP contribution in [0.2, 0.25) is 0 Å². The van der Waals surface area contributed by atoms with E-state index in [1.807, 2.05) is 83.4 Å². The molecule has 0 bridgehead atoms. The summed E-state index contributed by atoms with van der Waals surface area (Å²) >= 11 is 8.59. The lowest BCUT2D eigenvalue weighted by Gasteiger charge is -2.12. The Hall–Kier alpha value is -2.94. The number of aromatic nitrogens is 3. The molecule has 5 nitrogen and oxygen atoms in total. The third-order valence-corrected chi connectivity index (χ3v) is 7.57. The van der Waals surface area contributed by atoms with Crippen molar-refractivity contribution in [1.29, 1.82) is 0 Å². The highest BCUT2D eigenvalue weighted by Gasteiger charge is 2.17. The van der Waals surface area contributed by atoms with Crippen molar-refractivity contribution >= 4 is 60.3 Å². The van der Waals surface area contributed by atoms with Crippen LogP contribution in [-0.2, 0) is 12.3 Å². The molecule has 0 spiro atoms. The maximum atomic E-state index is 13.1. The predicted molar refractivity (Wildman–Crippen MR) is 148 cm³/mol. The van der Waals surface area contributed by atoms with E-state index in [9.17, 15) is 4.79 Å². The summed E-state index contributed by atoms with van der Waals surface area (Å²) in [5.74, 6) is 1.28. The predicted octanol–water partition coefficient (Wildman–Crippen LogP) is 7.17. The molecule has 1 heterocycles. The van der Waals surface area contributed by atoms with E-state index in [1.165, 1.54) is 5.56 Å². The van der Waals surface area contributed by atoms with Gasteiger partial charge in [0.2, 0.25) is 0 Å². The zero-order chi connectivity index (χ0) is 24.2. The van der Waals surface area contributed by atoms with Crippen LogP contribution in [0.3, 0.4) is 0 Å². The van der Waals surface area contributed by atoms with Gasteiger partial charge in [0, 0.05) is 25.9 Å². The van der Waals surface area contributed by atoms with Crippen LogP contribution in [0.1, 0.15) is 21.7 Å². The second-order valence-electron chi connectivity index (χ2n) is 7.84. The van der Waals surface area contributed by atoms with E-state index >= 15 is 0 Å². The number of thioether (sulfide) groups is 1. The van der Waals surface area contributed by atoms with Crippen LogP contribution < -0.4 is 5.32 Å². The van der Waals surface area contributed by atoms with E-state index in [2.05, 4.69) is 59.5 Å². The van der Waals surface area contributed by atoms with Crippen LogP contribution >= 0.6 is 43.6 Å². The van der Waals surface area contributed by atoms with Gasteiger partial charge in [0.1, 0.15) is 0 Å². The summed E-state index contributed by atoms with van der Waals surface area (Å²) in [4.78, 5) is 13.1. The Balaban J connectivity index is 1.40. The van der Waals surface area contributed by atoms with Gasteiger partial charge < -0.3 is 5.32 Å². The first kappa shape index (κ1) is 23.8. The van der Waals surface area contributed by atoms with E-state index in [4.69, 9.17) is 0 Å². The molecule has 4 aromatic carbocycles. The molecule has 1 amide bonds. The number of nitrogens with one attached hydrogen (secondary N) is 1. The minimum atomic E-state index is -0.142. The molecule has 0 aliphatic rings. The molecule has 35 heavy (non-hydrogen) atoms. The van der Waals surface area contributed by atoms with Gasteiger partial charge in [-0.2, -0.15) is 0 Å². The molecule has 0 unspecified atom stereocenters. The second-order valence-corrected chi connectivity index (χ2v) is 10.6. The minimum Gasteiger partial charge on any atom is -0.345 e. The molecule has 0 saturated carbocycles. The molecule has 0 saturated heterocycles. The van der Waals surface area contributed by atoms with Crippen molar-refractivity contribution in [2.45, 2.75) is 17.5 Å². The molecular weight excluding hydrogens is 588 g/mol. The quantitative estimate of drug-likeness (QED) is 0.199. The first-order valence-corrected chi connectivity index (χ1v) is 13.5. The van der Waals surface area contributed by atoms with E-state index in [0.717, 1.165) is 36.3 Å². The monoisotopic (exact) mass is 606 g/mol. The van der Waals surface area contributed by atoms with Crippen LogP contribution in [0, 0.1) is 0 Å². The number of amides is 1. The Labute approximate surface area is 224 Å². The van der Waals surface area contributed by atoms with Gasteiger partial charge in [-0.05, 0) is 58.8 Å². The van der Waals surface area contributed by atoms with Gasteiger partial charge in [-0.25, -0.2) is 0 Å². The summed E-state index contributed by atoms with van der Waals surface area (Å²) in [6.45, 7) is 0.254. The molecule has 0 fully saturated rings. The first-order chi connectivity index (χ1) is 17.1. The lowest BCUT2D eigenvalue weighted by atomic mass is 10.0. The summed E-state index contributed by atoms with van der Waals surface area (Å²) in [6, 6.07) is 29.8. The van der Waals surface area contributed by atoms with E-state index in [0.29, 0.717) is 11.4 Å². The number of halogens is 2. The van der Waals surface area contributed by atoms with Crippen molar-refractivity contribution in [2.24, 2.45) is 0 Å². The Morgan fingerprint density at radius 1 is 0.829 bits per heavy atom. The largest absolute Gasteiger partial charge is 0.345 e. The van der Waals surface area contributed by atoms with Crippen molar-refractivity contribution in [3.05, 3.63) is 117 Å². The number of hydrogen-bond acceptors (Lipinski definition) is 4. The van der Waals surface area contributed by atoms with Gasteiger partial charge in [0.15, 0.2) is 11.0 Å². The van der Waals surface area contributed by atoms with Crippen LogP contribution in [-0.4, -0.2) is 20.7 Å². The SMILES string of the molecule is O=C(NCc1nnc(SCc2ccc(Br)cc2)n1-c1ccc(Br)cc1)c1cccc2ccccc12. The summed E-state index contributed by atoms with van der Waals surface area (Å²) < 4.78 is 4.04. The smallest absolute Gasteiger partial charge is 0.252 e. The summed E-state index contributed by atoms with van der Waals surface area (Å²) in [5.41, 5.74) is 2.77. The van der Waals surface area contributed by atoms with Crippen LogP contribution in [0.4, 0.5) is 0 Å². The molecule has 8 heteroatoms. The molecule has 0 atom stereocenters. The van der Waals surface area contributed by atoms with Gasteiger partial charge in [-0.15, -0.1) is 10.2 Å². The minimum absolute atomic E-state index is 0.142. The first-order valence-electron chi connectivity index (χ1n) is 10.9. The third kappa shape index (κ3) is 5.50. The lowest BCUT2D eigenvalue weighted by Crippen LogP contribution is -2.25. The van der Waals surface area contributed by atoms with Crippen molar-refractivity contribution < 1.29 is 4.79 Å². The van der Waals surface area contributed by atoms with Crippen LogP contribution in [0.25, 0.3) is 16.5 Å². The molecule has 5 aromatic rings. The zero-order valence-electron chi connectivity index (χ0n) is 18.5. The summed E-state index contributed by atoms with van der Waals surface area (Å²) in [7, 11) is 0. The molecular formula is C27H20Br2N4OS. The van der Waals surface area contributed by atoms with E-state index < -0.39 is 0 Å². The maximum Gasteiger partial charge on any atom is 0.252 e. The molecule has 5 rings (SSSR count). The molecule has 1 aromatic heterocycles. The summed E-state index contributed by atoms with van der Waals surface area (Å²) in [5, 5.41) is 14.6. The Morgan fingerprint density at radius 2 is 1.51 bits per heavy atom. The molecule has 0 radical (unpaired) electrons. The second kappa shape index (κ2) is 10.8. The van der Waals surface area contributed by atoms with E-state index in [1.54, 1.807) is 11.8 Å². The van der Waals surface area contributed by atoms with Gasteiger partial charge in [-0.1, -0.05) is 92.2 Å². The molecule has 0 aliphatic heterocycles. The fourth-order valence-corrected chi connectivity index (χ4v) is 5.22. The van der Waals surface area contributed by atoms with E-state index in [-0.39, 0.29) is 12.5 Å². The molecule has 1 N–H and O–H groups in total. The summed E-state index contributed by atoms with van der Waals surface area (Å²) in [6.07, 6.45) is 0. The number of carbonyl (C=O) groups excluding carboxylic acids is 1. The van der Waals surface area contributed by atoms with Crippen molar-refractivity contribution in [2.75, 3.05) is 0 Å². The maximum absolute atomic E-state index is 13.1. The van der Waals surface area contributed by atoms with Gasteiger partial charge in [0.25, 0.3) is 5.91 Å². The number of fused-ring (bicyclic) bond motifs is 1. The van der Waals surface area contributed by atoms with Crippen molar-refractivity contribution in [3.8, 4) is 5.69 Å². The average Bonchev–Trinajstić information content (AvgIpc) is 3.29. The Morgan fingerprint density at radius 3 is 2.29 bits per heavy atom. The standard InChI is InChI=1S/C27H20Br2N4OS/c28-20-10-8-18(9-11-20)17-35-27-32-31-25(33(27)22-14-12-21(29)13-15-22)16-30-26(34)24-7-3-5-19-4-1-2-6-23(19)24/h1-15H,16-17H2,(H,30,34). The van der Waals surface area contributed by atoms with Crippen LogP contribution in [0.5, 0.6) is 0 Å². The van der Waals surface area contributed by atoms with Crippen molar-refractivity contribution in [1.82, 2.24) is 20.1 Å². The van der Waals surface area contributed by atoms with Crippen molar-refractivity contribution in [3.63, 3.8) is 0 Å². The topological polar surface area (TPSA) is 59.8 Å². The fourth-order valence-electron chi connectivity index (χ4n) is 3.76. The molecule has 174 valence electrons. The normalized spacial score (nSPS) is 11.0. The highest BCUT2D eigenvalue weighted by molar-refractivity contribution is 9.10. The number of carbonyl (C=O) groups is 1. The van der Waals surface area contributed by atoms with Gasteiger partial charge >= 0.3 is 0 Å². The number of rotatable bonds is 7. The average molecular weight is 608 g/mol. The Bertz CT molecular complexity index is 1480. The fraction of sp³-hybridized carbons (Fsp3) is 0.0741. The number of nitrogens with zero attached hydrogens (tertiary/aromatic N) is 3. The highest BCUT2D eigenvalue weighted by atomic mass is 79.9. The zero-order valence-corrected chi connectivity index (χ0v) is 22.5. The third-order valence-electron chi connectivity index (χ3n) is 5.51.